The molecule has 2 aromatic rings. The number of imidazole rings is 1. The highest BCUT2D eigenvalue weighted by Crippen LogP contribution is 2.16. The van der Waals surface area contributed by atoms with Crippen molar-refractivity contribution in [1.82, 2.24) is 9.55 Å². The van der Waals surface area contributed by atoms with Gasteiger partial charge in [-0.2, -0.15) is 0 Å². The Balaban J connectivity index is 1.94. The second-order valence-corrected chi connectivity index (χ2v) is 3.68. The number of hydrogen-bond acceptors (Lipinski definition) is 4. The van der Waals surface area contributed by atoms with Crippen molar-refractivity contribution in [2.24, 2.45) is 0 Å². The van der Waals surface area contributed by atoms with Crippen molar-refractivity contribution in [3.05, 3.63) is 54.6 Å². The quantitative estimate of drug-likeness (QED) is 0.830. The van der Waals surface area contributed by atoms with Gasteiger partial charge in [0.15, 0.2) is 0 Å². The van der Waals surface area contributed by atoms with Crippen LogP contribution in [0.15, 0.2) is 49.1 Å². The van der Waals surface area contributed by atoms with Gasteiger partial charge in [0.2, 0.25) is 0 Å². The van der Waals surface area contributed by atoms with Crippen LogP contribution in [-0.4, -0.2) is 29.4 Å². The van der Waals surface area contributed by atoms with Crippen LogP contribution < -0.4 is 0 Å². The lowest BCUT2D eigenvalue weighted by atomic mass is 10.1. The third-order valence-electron chi connectivity index (χ3n) is 2.53. The first-order valence-corrected chi connectivity index (χ1v) is 5.54. The van der Waals surface area contributed by atoms with E-state index in [1.54, 1.807) is 7.11 Å². The van der Waals surface area contributed by atoms with Crippen LogP contribution in [0.5, 0.6) is 0 Å². The molecule has 5 nitrogen and oxygen atoms in total. The topological polar surface area (TPSA) is 53.4 Å². The summed E-state index contributed by atoms with van der Waals surface area (Å²) in [6, 6.07) is 9.62. The molecule has 0 aliphatic heterocycles. The molecule has 0 bridgehead atoms. The van der Waals surface area contributed by atoms with Crippen LogP contribution in [0.25, 0.3) is 0 Å². The Labute approximate surface area is 105 Å². The molecule has 0 spiro atoms. The van der Waals surface area contributed by atoms with Crippen LogP contribution in [0.2, 0.25) is 0 Å². The number of aromatic nitrogens is 2. The van der Waals surface area contributed by atoms with Gasteiger partial charge in [0.25, 0.3) is 0 Å². The summed E-state index contributed by atoms with van der Waals surface area (Å²) >= 11 is 0. The summed E-state index contributed by atoms with van der Waals surface area (Å²) in [5, 5.41) is 0. The highest BCUT2D eigenvalue weighted by molar-refractivity contribution is 5.69. The zero-order chi connectivity index (χ0) is 12.8. The minimum absolute atomic E-state index is 0.164. The number of carbonyl (C=O) groups excluding carboxylic acids is 1. The SMILES string of the molecule is COC(COC(=O)n1ccnc1)c1ccccc1. The largest absolute Gasteiger partial charge is 0.446 e. The first-order chi connectivity index (χ1) is 8.81. The van der Waals surface area contributed by atoms with Gasteiger partial charge in [0.1, 0.15) is 19.0 Å². The smallest absolute Gasteiger partial charge is 0.419 e. The van der Waals surface area contributed by atoms with E-state index in [9.17, 15) is 4.79 Å². The molecule has 94 valence electrons. The fourth-order valence-electron chi connectivity index (χ4n) is 1.56. The van der Waals surface area contributed by atoms with Gasteiger partial charge in [-0.05, 0) is 5.56 Å². The van der Waals surface area contributed by atoms with E-state index < -0.39 is 6.09 Å². The van der Waals surface area contributed by atoms with E-state index in [0.29, 0.717) is 0 Å². The molecule has 0 aliphatic rings. The molecule has 5 heteroatoms. The highest BCUT2D eigenvalue weighted by atomic mass is 16.6. The molecule has 0 N–H and O–H groups in total. The summed E-state index contributed by atoms with van der Waals surface area (Å²) in [7, 11) is 1.59. The van der Waals surface area contributed by atoms with Crippen molar-refractivity contribution in [3.8, 4) is 0 Å². The molecule has 0 radical (unpaired) electrons. The van der Waals surface area contributed by atoms with E-state index >= 15 is 0 Å². The molecule has 0 saturated heterocycles. The van der Waals surface area contributed by atoms with Crippen LogP contribution >= 0.6 is 0 Å². The number of nitrogens with zero attached hydrogens (tertiary/aromatic N) is 2. The number of methoxy groups -OCH3 is 1. The number of rotatable bonds is 4. The molecular weight excluding hydrogens is 232 g/mol. The number of ether oxygens (including phenoxy) is 2. The van der Waals surface area contributed by atoms with Crippen molar-refractivity contribution >= 4 is 6.09 Å². The van der Waals surface area contributed by atoms with Crippen LogP contribution in [0.1, 0.15) is 11.7 Å². The maximum atomic E-state index is 11.6. The molecular formula is C13H14N2O3. The lowest BCUT2D eigenvalue weighted by molar-refractivity contribution is 0.0348. The van der Waals surface area contributed by atoms with E-state index in [0.717, 1.165) is 5.56 Å². The average molecular weight is 246 g/mol. The van der Waals surface area contributed by atoms with Crippen molar-refractivity contribution < 1.29 is 14.3 Å². The molecule has 0 fully saturated rings. The van der Waals surface area contributed by atoms with Gasteiger partial charge in [-0.1, -0.05) is 30.3 Å². The van der Waals surface area contributed by atoms with E-state index in [1.807, 2.05) is 30.3 Å². The van der Waals surface area contributed by atoms with Gasteiger partial charge in [-0.25, -0.2) is 14.3 Å². The molecule has 1 atom stereocenters. The Morgan fingerprint density at radius 3 is 2.78 bits per heavy atom. The first kappa shape index (κ1) is 12.3. The Morgan fingerprint density at radius 1 is 1.39 bits per heavy atom. The fraction of sp³-hybridized carbons (Fsp3) is 0.231. The molecule has 1 heterocycles. The van der Waals surface area contributed by atoms with Gasteiger partial charge in [0.05, 0.1) is 0 Å². The normalized spacial score (nSPS) is 12.1. The monoisotopic (exact) mass is 246 g/mol. The molecule has 1 aromatic carbocycles. The molecule has 1 aromatic heterocycles. The van der Waals surface area contributed by atoms with E-state index in [2.05, 4.69) is 4.98 Å². The minimum Gasteiger partial charge on any atom is -0.446 e. The Hall–Kier alpha value is -2.14. The van der Waals surface area contributed by atoms with Gasteiger partial charge < -0.3 is 9.47 Å². The molecule has 1 unspecified atom stereocenters. The Morgan fingerprint density at radius 2 is 2.17 bits per heavy atom. The minimum atomic E-state index is -0.467. The van der Waals surface area contributed by atoms with Crippen molar-refractivity contribution in [3.63, 3.8) is 0 Å². The third kappa shape index (κ3) is 2.95. The van der Waals surface area contributed by atoms with Crippen LogP contribution in [0.3, 0.4) is 0 Å². The summed E-state index contributed by atoms with van der Waals surface area (Å²) in [6.45, 7) is 0.164. The zero-order valence-corrected chi connectivity index (χ0v) is 10.0. The Kier molecular flexibility index (Phi) is 4.09. The number of carbonyl (C=O) groups is 1. The lowest BCUT2D eigenvalue weighted by Crippen LogP contribution is -2.17. The van der Waals surface area contributed by atoms with Crippen LogP contribution in [0, 0.1) is 0 Å². The summed E-state index contributed by atoms with van der Waals surface area (Å²) in [6.07, 6.45) is 3.72. The van der Waals surface area contributed by atoms with Gasteiger partial charge in [-0.3, -0.25) is 0 Å². The predicted octanol–water partition coefficient (Wildman–Crippen LogP) is 2.26. The standard InChI is InChI=1S/C13H14N2O3/c1-17-12(11-5-3-2-4-6-11)9-18-13(16)15-8-7-14-10-15/h2-8,10,12H,9H2,1H3. The van der Waals surface area contributed by atoms with Gasteiger partial charge in [-0.15, -0.1) is 0 Å². The average Bonchev–Trinajstić information content (AvgIpc) is 2.94. The predicted molar refractivity (Wildman–Crippen MR) is 65.2 cm³/mol. The van der Waals surface area contributed by atoms with Gasteiger partial charge in [0, 0.05) is 19.5 Å². The second kappa shape index (κ2) is 5.97. The zero-order valence-electron chi connectivity index (χ0n) is 10.0. The number of hydrogen-bond donors (Lipinski definition) is 0. The Bertz CT molecular complexity index is 482. The molecule has 0 amide bonds. The summed E-state index contributed by atoms with van der Waals surface area (Å²) in [4.78, 5) is 15.4. The fourth-order valence-corrected chi connectivity index (χ4v) is 1.56. The maximum absolute atomic E-state index is 11.6. The molecule has 0 aliphatic carbocycles. The first-order valence-electron chi connectivity index (χ1n) is 5.54. The third-order valence-corrected chi connectivity index (χ3v) is 2.53. The second-order valence-electron chi connectivity index (χ2n) is 3.68. The van der Waals surface area contributed by atoms with Crippen LogP contribution in [0.4, 0.5) is 4.79 Å². The lowest BCUT2D eigenvalue weighted by Gasteiger charge is -2.15. The summed E-state index contributed by atoms with van der Waals surface area (Å²) in [5.41, 5.74) is 0.971. The molecule has 0 saturated carbocycles. The van der Waals surface area contributed by atoms with E-state index in [-0.39, 0.29) is 12.7 Å². The van der Waals surface area contributed by atoms with Crippen molar-refractivity contribution in [1.29, 1.82) is 0 Å². The summed E-state index contributed by atoms with van der Waals surface area (Å²) < 4.78 is 11.7. The molecule has 2 rings (SSSR count). The maximum Gasteiger partial charge on any atom is 0.419 e. The summed E-state index contributed by atoms with van der Waals surface area (Å²) in [5.74, 6) is 0. The molecule has 18 heavy (non-hydrogen) atoms. The van der Waals surface area contributed by atoms with Crippen LogP contribution in [-0.2, 0) is 9.47 Å². The van der Waals surface area contributed by atoms with E-state index in [4.69, 9.17) is 9.47 Å². The number of benzene rings is 1. The van der Waals surface area contributed by atoms with E-state index in [1.165, 1.54) is 23.3 Å². The van der Waals surface area contributed by atoms with Gasteiger partial charge >= 0.3 is 6.09 Å². The highest BCUT2D eigenvalue weighted by Gasteiger charge is 2.13. The van der Waals surface area contributed by atoms with Crippen molar-refractivity contribution in [2.45, 2.75) is 6.10 Å². The van der Waals surface area contributed by atoms with Crippen molar-refractivity contribution in [2.75, 3.05) is 13.7 Å².